The van der Waals surface area contributed by atoms with E-state index in [1.807, 2.05) is 41.5 Å². The van der Waals surface area contributed by atoms with Gasteiger partial charge in [-0.1, -0.05) is 41.5 Å². The highest BCUT2D eigenvalue weighted by atomic mass is 16.9. The molecular weight excluding hydrogens is 999 g/mol. The molecule has 7 aromatic rings. The Kier molecular flexibility index (Phi) is 13.9. The minimum atomic E-state index is -0.776. The minimum Gasteiger partial charge on any atom is -0.479 e. The maximum Gasteiger partial charge on any atom is 0.338 e. The lowest BCUT2D eigenvalue weighted by Gasteiger charge is -2.34. The summed E-state index contributed by atoms with van der Waals surface area (Å²) in [6, 6.07) is 12.9. The first-order chi connectivity index (χ1) is 36.6. The molecule has 0 atom stereocenters. The van der Waals surface area contributed by atoms with Crippen molar-refractivity contribution in [3.05, 3.63) is 93.6 Å². The van der Waals surface area contributed by atoms with E-state index in [1.54, 1.807) is 52.0 Å². The second-order valence-electron chi connectivity index (χ2n) is 19.3. The second kappa shape index (κ2) is 20.4. The number of carbonyl (C=O) groups is 2. The van der Waals surface area contributed by atoms with Gasteiger partial charge in [-0.15, -0.1) is 20.5 Å². The van der Waals surface area contributed by atoms with E-state index < -0.39 is 53.9 Å². The van der Waals surface area contributed by atoms with Crippen LogP contribution in [0.2, 0.25) is 0 Å². The predicted molar refractivity (Wildman–Crippen MR) is 268 cm³/mol. The first-order valence-electron chi connectivity index (χ1n) is 23.9. The van der Waals surface area contributed by atoms with Crippen molar-refractivity contribution in [2.45, 2.75) is 105 Å². The highest BCUT2D eigenvalue weighted by Crippen LogP contribution is 2.42. The van der Waals surface area contributed by atoms with E-state index in [0.717, 1.165) is 9.36 Å². The van der Waals surface area contributed by atoms with Crippen molar-refractivity contribution < 1.29 is 43.1 Å². The van der Waals surface area contributed by atoms with Crippen molar-refractivity contribution in [2.75, 3.05) is 24.7 Å². The Morgan fingerprint density at radius 1 is 0.636 bits per heavy atom. The number of nitriles is 2. The number of nitrogens with zero attached hydrogens (tertiary/aromatic N) is 17. The molecule has 0 amide bonds. The summed E-state index contributed by atoms with van der Waals surface area (Å²) in [5, 5.41) is 67.7. The number of hydrogen-bond donors (Lipinski definition) is 3. The van der Waals surface area contributed by atoms with E-state index >= 15 is 0 Å². The maximum atomic E-state index is 13.0. The van der Waals surface area contributed by atoms with Crippen molar-refractivity contribution in [1.82, 2.24) is 54.1 Å². The molecule has 0 unspecified atom stereocenters. The number of aromatic nitrogens is 11. The number of aromatic hydroxyl groups is 1. The standard InChI is InChI=1S/C49H51N19O9/c1-11-72-41(69)25-13-27(43-74-23(3)75-43)17-31(15-25)65-39(29(19-50)21-54-65)61-59-33-35(48(5,6)7)63-67(37(33)52)45-56-46(58-47(71)57-45)68-38(53)34(36(64-68)49(8,9)10)60-62-40-30(20-51)22-55-66(40)32-16-26(42(70)73-12-2)14-28(18-32)44-76-24(4)77-44/h13-18,21-24,43-44H,11-12,52-53H2,1-10H3,(H,56,57,58,71). The van der Waals surface area contributed by atoms with E-state index in [2.05, 4.69) is 57.7 Å². The van der Waals surface area contributed by atoms with Gasteiger partial charge in [0, 0.05) is 22.0 Å². The van der Waals surface area contributed by atoms with Gasteiger partial charge >= 0.3 is 17.9 Å². The van der Waals surface area contributed by atoms with Crippen LogP contribution < -0.4 is 11.5 Å². The Bertz CT molecular complexity index is 3380. The maximum absolute atomic E-state index is 13.0. The number of hydrogen-bond acceptors (Lipinski definition) is 24. The van der Waals surface area contributed by atoms with Crippen LogP contribution in [-0.2, 0) is 39.3 Å². The molecule has 7 heterocycles. The highest BCUT2D eigenvalue weighted by Gasteiger charge is 2.34. The van der Waals surface area contributed by atoms with Gasteiger partial charge in [0.05, 0.1) is 59.5 Å². The lowest BCUT2D eigenvalue weighted by atomic mass is 9.91. The summed E-state index contributed by atoms with van der Waals surface area (Å²) in [5.74, 6) is -2.10. The number of benzene rings is 2. The third-order valence-corrected chi connectivity index (χ3v) is 11.6. The summed E-state index contributed by atoms with van der Waals surface area (Å²) in [7, 11) is 0. The first kappa shape index (κ1) is 52.5. The smallest absolute Gasteiger partial charge is 0.338 e. The van der Waals surface area contributed by atoms with E-state index in [0.29, 0.717) is 33.9 Å². The SMILES string of the molecule is CCOC(=O)c1cc(C2OC(C)O2)cc(-n2ncc(C#N)c2N=Nc2c(C(C)(C)C)nn(-c3nc(O)nc(-n4nc(C(C)(C)C)c(N=Nc5c(C#N)cnn5-c5cc(C(=O)OCC)cc(C6OC(C)O6)c5)c4N)n3)c2N)c1. The molecule has 396 valence electrons. The fourth-order valence-electron chi connectivity index (χ4n) is 7.98. The van der Waals surface area contributed by atoms with Crippen LogP contribution in [0.3, 0.4) is 0 Å². The Morgan fingerprint density at radius 2 is 1.03 bits per heavy atom. The average Bonchev–Trinajstić information content (AvgIpc) is 4.19. The van der Waals surface area contributed by atoms with Crippen LogP contribution in [0, 0.1) is 22.7 Å². The molecule has 0 spiro atoms. The first-order valence-corrected chi connectivity index (χ1v) is 23.9. The number of esters is 2. The molecule has 0 saturated carbocycles. The second-order valence-corrected chi connectivity index (χ2v) is 19.3. The molecule has 0 radical (unpaired) electrons. The number of ether oxygens (including phenoxy) is 6. The van der Waals surface area contributed by atoms with Crippen LogP contribution in [0.4, 0.5) is 34.6 Å². The summed E-state index contributed by atoms with van der Waals surface area (Å²) in [6.45, 7) is 18.2. The minimum absolute atomic E-state index is 0.0257. The van der Waals surface area contributed by atoms with Crippen LogP contribution in [0.5, 0.6) is 6.01 Å². The molecule has 9 rings (SSSR count). The fraction of sp³-hybridized carbons (Fsp3) is 0.367. The number of azo groups is 2. The highest BCUT2D eigenvalue weighted by molar-refractivity contribution is 5.91. The number of nitrogen functional groups attached to an aromatic ring is 2. The van der Waals surface area contributed by atoms with E-state index in [4.69, 9.17) is 50.1 Å². The van der Waals surface area contributed by atoms with Gasteiger partial charge in [-0.2, -0.15) is 55.2 Å². The average molecular weight is 1050 g/mol. The van der Waals surface area contributed by atoms with Gasteiger partial charge in [0.15, 0.2) is 59.8 Å². The molecule has 0 bridgehead atoms. The van der Waals surface area contributed by atoms with Crippen molar-refractivity contribution >= 4 is 46.6 Å². The zero-order valence-corrected chi connectivity index (χ0v) is 43.3. The van der Waals surface area contributed by atoms with Crippen molar-refractivity contribution in [3.8, 4) is 41.4 Å². The van der Waals surface area contributed by atoms with E-state index in [9.17, 15) is 25.2 Å². The lowest BCUT2D eigenvalue weighted by Crippen LogP contribution is -2.31. The van der Waals surface area contributed by atoms with Crippen LogP contribution in [-0.4, -0.2) is 96.9 Å². The molecule has 2 aliphatic heterocycles. The normalized spacial score (nSPS) is 17.5. The zero-order valence-electron chi connectivity index (χ0n) is 43.3. The Hall–Kier alpha value is -9.35. The molecule has 77 heavy (non-hydrogen) atoms. The number of nitrogens with two attached hydrogens (primary N) is 2. The third-order valence-electron chi connectivity index (χ3n) is 11.6. The van der Waals surface area contributed by atoms with Crippen molar-refractivity contribution in [1.29, 1.82) is 10.5 Å². The van der Waals surface area contributed by atoms with Gasteiger partial charge in [-0.05, 0) is 64.1 Å². The van der Waals surface area contributed by atoms with Gasteiger partial charge in [0.2, 0.25) is 0 Å². The van der Waals surface area contributed by atoms with Gasteiger partial charge in [0.1, 0.15) is 23.3 Å². The molecule has 2 saturated heterocycles. The Morgan fingerprint density at radius 3 is 1.36 bits per heavy atom. The van der Waals surface area contributed by atoms with Gasteiger partial charge < -0.3 is 45.0 Å². The molecule has 28 nitrogen and oxygen atoms in total. The molecule has 5 aromatic heterocycles. The van der Waals surface area contributed by atoms with E-state index in [-0.39, 0.29) is 82.0 Å². The molecular formula is C49H51N19O9. The largest absolute Gasteiger partial charge is 0.479 e. The summed E-state index contributed by atoms with van der Waals surface area (Å²) >= 11 is 0. The van der Waals surface area contributed by atoms with Crippen LogP contribution in [0.25, 0.3) is 23.3 Å². The van der Waals surface area contributed by atoms with Crippen molar-refractivity contribution in [2.24, 2.45) is 20.5 Å². The summed E-state index contributed by atoms with van der Waals surface area (Å²) < 4.78 is 38.3. The monoisotopic (exact) mass is 1050 g/mol. The van der Waals surface area contributed by atoms with Crippen molar-refractivity contribution in [3.63, 3.8) is 0 Å². The van der Waals surface area contributed by atoms with Crippen LogP contribution in [0.15, 0.2) is 69.2 Å². The molecule has 0 aliphatic carbocycles. The van der Waals surface area contributed by atoms with Gasteiger partial charge in [-0.3, -0.25) is 0 Å². The lowest BCUT2D eigenvalue weighted by molar-refractivity contribution is -0.382. The zero-order chi connectivity index (χ0) is 55.2. The molecule has 2 fully saturated rings. The quantitative estimate of drug-likeness (QED) is 0.0690. The van der Waals surface area contributed by atoms with Crippen LogP contribution >= 0.6 is 0 Å². The number of anilines is 2. The third kappa shape index (κ3) is 10.3. The number of rotatable bonds is 14. The fourth-order valence-corrected chi connectivity index (χ4v) is 7.98. The summed E-state index contributed by atoms with van der Waals surface area (Å²) in [6.07, 6.45) is 0.108. The van der Waals surface area contributed by atoms with Crippen LogP contribution in [0.1, 0.15) is 136 Å². The van der Waals surface area contributed by atoms with E-state index in [1.165, 1.54) is 33.9 Å². The van der Waals surface area contributed by atoms with Gasteiger partial charge in [0.25, 0.3) is 11.9 Å². The molecule has 2 aliphatic rings. The molecule has 2 aromatic carbocycles. The number of carbonyl (C=O) groups excluding carboxylic acids is 2. The molecule has 28 heteroatoms. The Balaban J connectivity index is 1.10. The summed E-state index contributed by atoms with van der Waals surface area (Å²) in [4.78, 5) is 38.9. The molecule has 5 N–H and O–H groups in total. The summed E-state index contributed by atoms with van der Waals surface area (Å²) in [5.41, 5.74) is 14.8. The van der Waals surface area contributed by atoms with Gasteiger partial charge in [-0.25, -0.2) is 19.0 Å². The topological polar surface area (TPSA) is 369 Å². The predicted octanol–water partition coefficient (Wildman–Crippen LogP) is 7.79. The Labute approximate surface area is 438 Å².